The highest BCUT2D eigenvalue weighted by Gasteiger charge is 2.32. The molecule has 2 aromatic rings. The third kappa shape index (κ3) is 3.88. The van der Waals surface area contributed by atoms with E-state index in [0.717, 1.165) is 18.8 Å². The van der Waals surface area contributed by atoms with Crippen molar-refractivity contribution < 1.29 is 18.4 Å². The van der Waals surface area contributed by atoms with Crippen molar-refractivity contribution in [1.29, 1.82) is 0 Å². The fourth-order valence-electron chi connectivity index (χ4n) is 3.99. The zero-order chi connectivity index (χ0) is 19.5. The molecule has 0 atom stereocenters. The van der Waals surface area contributed by atoms with E-state index < -0.39 is 0 Å². The van der Waals surface area contributed by atoms with E-state index >= 15 is 0 Å². The monoisotopic (exact) mass is 385 g/mol. The quantitative estimate of drug-likeness (QED) is 0.815. The predicted octanol–water partition coefficient (Wildman–Crippen LogP) is 2.62. The Hall–Kier alpha value is -2.83. The Kier molecular flexibility index (Phi) is 5.32. The number of likely N-dealkylation sites (tertiary alicyclic amines) is 1. The van der Waals surface area contributed by atoms with Gasteiger partial charge in [-0.25, -0.2) is 4.39 Å². The van der Waals surface area contributed by atoms with Gasteiger partial charge >= 0.3 is 0 Å². The summed E-state index contributed by atoms with van der Waals surface area (Å²) in [5.74, 6) is -0.109. The highest BCUT2D eigenvalue weighted by atomic mass is 19.1. The van der Waals surface area contributed by atoms with Gasteiger partial charge in [-0.3, -0.25) is 9.59 Å². The van der Waals surface area contributed by atoms with Crippen molar-refractivity contribution in [3.63, 3.8) is 0 Å². The Bertz CT molecular complexity index is 806. The average molecular weight is 385 g/mol. The molecule has 3 heterocycles. The second-order valence-corrected chi connectivity index (χ2v) is 7.37. The van der Waals surface area contributed by atoms with Gasteiger partial charge in [-0.05, 0) is 43.2 Å². The summed E-state index contributed by atoms with van der Waals surface area (Å²) in [6, 6.07) is 8.15. The second-order valence-electron chi connectivity index (χ2n) is 7.37. The molecule has 28 heavy (non-hydrogen) atoms. The molecule has 148 valence electrons. The molecule has 6 nitrogen and oxygen atoms in total. The lowest BCUT2D eigenvalue weighted by Crippen LogP contribution is -2.52. The standard InChI is InChI=1S/C21H24FN3O3/c22-18-1-3-19(4-2-18)23-10-12-25(13-11-23)20(26)16-5-8-24(9-6-16)21(27)17-7-14-28-15-17/h1-4,7,14-16H,5-6,8-13H2. The molecule has 0 bridgehead atoms. The van der Waals surface area contributed by atoms with Gasteiger partial charge in [-0.1, -0.05) is 0 Å². The van der Waals surface area contributed by atoms with Gasteiger partial charge in [0.1, 0.15) is 12.1 Å². The summed E-state index contributed by atoms with van der Waals surface area (Å²) in [5, 5.41) is 0. The summed E-state index contributed by atoms with van der Waals surface area (Å²) in [4.78, 5) is 31.2. The Balaban J connectivity index is 1.27. The second kappa shape index (κ2) is 8.04. The number of anilines is 1. The van der Waals surface area contributed by atoms with Gasteiger partial charge in [0, 0.05) is 50.9 Å². The molecule has 2 fully saturated rings. The number of benzene rings is 1. The molecule has 2 saturated heterocycles. The van der Waals surface area contributed by atoms with Crippen LogP contribution < -0.4 is 4.90 Å². The normalized spacial score (nSPS) is 18.4. The summed E-state index contributed by atoms with van der Waals surface area (Å²) in [6.45, 7) is 4.02. The topological polar surface area (TPSA) is 57.0 Å². The summed E-state index contributed by atoms with van der Waals surface area (Å²) in [7, 11) is 0. The Morgan fingerprint density at radius 3 is 2.18 bits per heavy atom. The molecule has 7 heteroatoms. The predicted molar refractivity (Wildman–Crippen MR) is 103 cm³/mol. The number of hydrogen-bond acceptors (Lipinski definition) is 4. The number of carbonyl (C=O) groups is 2. The molecule has 0 N–H and O–H groups in total. The zero-order valence-electron chi connectivity index (χ0n) is 15.7. The van der Waals surface area contributed by atoms with Gasteiger partial charge in [-0.2, -0.15) is 0 Å². The number of amides is 2. The van der Waals surface area contributed by atoms with Gasteiger partial charge in [0.2, 0.25) is 5.91 Å². The molecule has 0 saturated carbocycles. The smallest absolute Gasteiger partial charge is 0.257 e. The SMILES string of the molecule is O=C(c1ccoc1)N1CCC(C(=O)N2CCN(c3ccc(F)cc3)CC2)CC1. The number of nitrogens with zero attached hydrogens (tertiary/aromatic N) is 3. The van der Waals surface area contributed by atoms with Crippen LogP contribution in [-0.2, 0) is 4.79 Å². The van der Waals surface area contributed by atoms with Crippen molar-refractivity contribution in [1.82, 2.24) is 9.80 Å². The fourth-order valence-corrected chi connectivity index (χ4v) is 3.99. The lowest BCUT2D eigenvalue weighted by molar-refractivity contribution is -0.137. The first-order chi connectivity index (χ1) is 13.6. The van der Waals surface area contributed by atoms with E-state index in [1.807, 2.05) is 4.90 Å². The first kappa shape index (κ1) is 18.5. The van der Waals surface area contributed by atoms with Crippen molar-refractivity contribution in [3.8, 4) is 0 Å². The minimum Gasteiger partial charge on any atom is -0.472 e. The van der Waals surface area contributed by atoms with E-state index in [1.54, 1.807) is 23.1 Å². The maximum Gasteiger partial charge on any atom is 0.257 e. The zero-order valence-corrected chi connectivity index (χ0v) is 15.7. The molecule has 0 unspecified atom stereocenters. The summed E-state index contributed by atoms with van der Waals surface area (Å²) >= 11 is 0. The molecule has 2 amide bonds. The van der Waals surface area contributed by atoms with Crippen LogP contribution >= 0.6 is 0 Å². The van der Waals surface area contributed by atoms with Gasteiger partial charge in [0.25, 0.3) is 5.91 Å². The number of hydrogen-bond donors (Lipinski definition) is 0. The lowest BCUT2D eigenvalue weighted by Gasteiger charge is -2.39. The fraction of sp³-hybridized carbons (Fsp3) is 0.429. The molecule has 0 spiro atoms. The Labute approximate surface area is 163 Å². The molecule has 1 aromatic carbocycles. The third-order valence-corrected chi connectivity index (χ3v) is 5.68. The largest absolute Gasteiger partial charge is 0.472 e. The van der Waals surface area contributed by atoms with E-state index in [2.05, 4.69) is 4.90 Å². The summed E-state index contributed by atoms with van der Waals surface area (Å²) < 4.78 is 18.1. The Morgan fingerprint density at radius 2 is 1.57 bits per heavy atom. The average Bonchev–Trinajstić information content (AvgIpc) is 3.28. The molecule has 1 aromatic heterocycles. The van der Waals surface area contributed by atoms with Crippen LogP contribution in [-0.4, -0.2) is 60.9 Å². The van der Waals surface area contributed by atoms with E-state index in [0.29, 0.717) is 44.6 Å². The minimum atomic E-state index is -0.241. The van der Waals surface area contributed by atoms with E-state index in [1.165, 1.54) is 24.7 Å². The van der Waals surface area contributed by atoms with Crippen molar-refractivity contribution >= 4 is 17.5 Å². The number of carbonyl (C=O) groups excluding carboxylic acids is 2. The molecule has 0 radical (unpaired) electrons. The number of furan rings is 1. The van der Waals surface area contributed by atoms with Crippen LogP contribution in [0.25, 0.3) is 0 Å². The van der Waals surface area contributed by atoms with Crippen molar-refractivity contribution in [2.75, 3.05) is 44.2 Å². The number of piperazine rings is 1. The van der Waals surface area contributed by atoms with Crippen LogP contribution in [0.3, 0.4) is 0 Å². The number of piperidine rings is 1. The maximum absolute atomic E-state index is 13.1. The van der Waals surface area contributed by atoms with Crippen LogP contribution in [0.15, 0.2) is 47.3 Å². The maximum atomic E-state index is 13.1. The summed E-state index contributed by atoms with van der Waals surface area (Å²) in [5.41, 5.74) is 1.54. The molecular formula is C21H24FN3O3. The third-order valence-electron chi connectivity index (χ3n) is 5.68. The van der Waals surface area contributed by atoms with Gasteiger partial charge in [-0.15, -0.1) is 0 Å². The van der Waals surface area contributed by atoms with Gasteiger partial charge in [0.15, 0.2) is 0 Å². The van der Waals surface area contributed by atoms with Crippen molar-refractivity contribution in [2.24, 2.45) is 5.92 Å². The van der Waals surface area contributed by atoms with Crippen LogP contribution in [0.2, 0.25) is 0 Å². The van der Waals surface area contributed by atoms with E-state index in [4.69, 9.17) is 4.42 Å². The minimum absolute atomic E-state index is 0.0224. The van der Waals surface area contributed by atoms with Gasteiger partial charge in [0.05, 0.1) is 11.8 Å². The number of rotatable bonds is 3. The van der Waals surface area contributed by atoms with Crippen LogP contribution in [0.1, 0.15) is 23.2 Å². The highest BCUT2D eigenvalue weighted by molar-refractivity contribution is 5.94. The van der Waals surface area contributed by atoms with Crippen LogP contribution in [0.5, 0.6) is 0 Å². The molecule has 2 aliphatic heterocycles. The van der Waals surface area contributed by atoms with E-state index in [9.17, 15) is 14.0 Å². The van der Waals surface area contributed by atoms with Crippen LogP contribution in [0, 0.1) is 11.7 Å². The van der Waals surface area contributed by atoms with E-state index in [-0.39, 0.29) is 23.5 Å². The molecule has 0 aliphatic carbocycles. The first-order valence-electron chi connectivity index (χ1n) is 9.72. The Morgan fingerprint density at radius 1 is 0.893 bits per heavy atom. The van der Waals surface area contributed by atoms with Crippen molar-refractivity contribution in [2.45, 2.75) is 12.8 Å². The molecular weight excluding hydrogens is 361 g/mol. The summed E-state index contributed by atoms with van der Waals surface area (Å²) in [6.07, 6.45) is 4.34. The molecule has 4 rings (SSSR count). The van der Waals surface area contributed by atoms with Crippen molar-refractivity contribution in [3.05, 3.63) is 54.2 Å². The number of halogens is 1. The van der Waals surface area contributed by atoms with Crippen LogP contribution in [0.4, 0.5) is 10.1 Å². The highest BCUT2D eigenvalue weighted by Crippen LogP contribution is 2.23. The molecule has 2 aliphatic rings. The lowest BCUT2D eigenvalue weighted by atomic mass is 9.94. The first-order valence-corrected chi connectivity index (χ1v) is 9.72. The van der Waals surface area contributed by atoms with Gasteiger partial charge < -0.3 is 19.1 Å².